The molecule has 0 aromatic heterocycles. The second-order valence-electron chi connectivity index (χ2n) is 13.1. The van der Waals surface area contributed by atoms with E-state index in [1.807, 2.05) is 48.5 Å². The number of amides is 1. The number of hydrogen-bond donors (Lipinski definition) is 2. The summed E-state index contributed by atoms with van der Waals surface area (Å²) in [5, 5.41) is 19.7. The molecular weight excluding hydrogens is 665 g/mol. The summed E-state index contributed by atoms with van der Waals surface area (Å²) in [5.41, 5.74) is 2.75. The summed E-state index contributed by atoms with van der Waals surface area (Å²) < 4.78 is 47.4. The number of nitrogens with zero attached hydrogens (tertiary/aromatic N) is 1. The lowest BCUT2D eigenvalue weighted by Gasteiger charge is -2.48. The predicted octanol–water partition coefficient (Wildman–Crippen LogP) is 5.20. The van der Waals surface area contributed by atoms with Gasteiger partial charge in [-0.05, 0) is 91.5 Å². The topological polar surface area (TPSA) is 148 Å². The smallest absolute Gasteiger partial charge is 0.303 e. The second-order valence-corrected chi connectivity index (χ2v) is 15.3. The Kier molecular flexibility index (Phi) is 13.3. The molecule has 0 bridgehead atoms. The highest BCUT2D eigenvalue weighted by Crippen LogP contribution is 2.46. The van der Waals surface area contributed by atoms with Crippen molar-refractivity contribution in [1.29, 1.82) is 0 Å². The molecule has 1 unspecified atom stereocenters. The first-order valence-electron chi connectivity index (χ1n) is 16.8. The number of anilines is 1. The van der Waals surface area contributed by atoms with E-state index in [2.05, 4.69) is 0 Å². The first-order chi connectivity index (χ1) is 23.7. The van der Waals surface area contributed by atoms with Crippen molar-refractivity contribution < 1.29 is 46.9 Å². The van der Waals surface area contributed by atoms with E-state index in [4.69, 9.17) is 9.47 Å². The minimum Gasteiger partial charge on any atom is -0.458 e. The van der Waals surface area contributed by atoms with Crippen molar-refractivity contribution >= 4 is 33.4 Å². The van der Waals surface area contributed by atoms with Gasteiger partial charge >= 0.3 is 11.9 Å². The number of unbranched alkanes of at least 4 members (excludes halogenated alkanes) is 1. The van der Waals surface area contributed by atoms with E-state index in [1.54, 1.807) is 17.0 Å². The number of benzene rings is 3. The second kappa shape index (κ2) is 17.2. The van der Waals surface area contributed by atoms with E-state index in [1.165, 1.54) is 32.2 Å². The zero-order valence-corrected chi connectivity index (χ0v) is 29.5. The summed E-state index contributed by atoms with van der Waals surface area (Å²) in [7, 11) is -3.01. The van der Waals surface area contributed by atoms with Crippen LogP contribution in [0.1, 0.15) is 80.4 Å². The van der Waals surface area contributed by atoms with Gasteiger partial charge in [0.15, 0.2) is 5.60 Å². The SMILES string of the molecule is CC(=O)O[C@@H](CCC1C(=O)N(c2ccc(CCCCS(C)(=O)=O)cc2)[C@@H]1c1ccc(CCC(CO)(CO)OC(C)=O)cc1)c1ccc(F)cc1. The Morgan fingerprint density at radius 3 is 2.04 bits per heavy atom. The van der Waals surface area contributed by atoms with Crippen molar-refractivity contribution in [3.63, 3.8) is 0 Å². The van der Waals surface area contributed by atoms with Crippen LogP contribution in [0.15, 0.2) is 72.8 Å². The number of ether oxygens (including phenoxy) is 2. The minimum atomic E-state index is -3.01. The lowest BCUT2D eigenvalue weighted by atomic mass is 9.78. The Morgan fingerprint density at radius 1 is 0.880 bits per heavy atom. The van der Waals surface area contributed by atoms with Crippen molar-refractivity contribution in [3.05, 3.63) is 101 Å². The van der Waals surface area contributed by atoms with Crippen molar-refractivity contribution in [2.45, 2.75) is 76.5 Å². The third-order valence-electron chi connectivity index (χ3n) is 9.08. The largest absolute Gasteiger partial charge is 0.458 e. The molecule has 1 saturated heterocycles. The Labute approximate surface area is 293 Å². The van der Waals surface area contributed by atoms with Crippen LogP contribution in [0.3, 0.4) is 0 Å². The van der Waals surface area contributed by atoms with Gasteiger partial charge in [0, 0.05) is 31.5 Å². The van der Waals surface area contributed by atoms with Gasteiger partial charge in [-0.1, -0.05) is 48.5 Å². The molecule has 0 aliphatic carbocycles. The summed E-state index contributed by atoms with van der Waals surface area (Å²) >= 11 is 0. The standard InChI is InChI=1S/C38H46FNO9S/c1-26(43)48-35(30-13-15-32(39)16-14-30)20-19-34-36(31-11-7-29(8-12-31)21-22-38(24-41,25-42)49-27(2)44)40(37(34)45)33-17-9-28(10-18-33)6-4-5-23-50(3,46)47/h7-18,34-36,41-42H,4-6,19-25H2,1-3H3/t34?,35-,36+/m0/s1. The van der Waals surface area contributed by atoms with Crippen LogP contribution in [0.25, 0.3) is 0 Å². The van der Waals surface area contributed by atoms with Gasteiger partial charge in [-0.3, -0.25) is 14.4 Å². The molecule has 3 atom stereocenters. The van der Waals surface area contributed by atoms with Crippen LogP contribution < -0.4 is 4.90 Å². The van der Waals surface area contributed by atoms with Crippen molar-refractivity contribution in [3.8, 4) is 0 Å². The molecule has 12 heteroatoms. The van der Waals surface area contributed by atoms with E-state index in [0.717, 1.165) is 23.1 Å². The van der Waals surface area contributed by atoms with E-state index in [0.29, 0.717) is 43.4 Å². The maximum absolute atomic E-state index is 13.8. The molecule has 0 saturated carbocycles. The van der Waals surface area contributed by atoms with Gasteiger partial charge in [0.2, 0.25) is 5.91 Å². The predicted molar refractivity (Wildman–Crippen MR) is 186 cm³/mol. The van der Waals surface area contributed by atoms with Crippen molar-refractivity contribution in [2.75, 3.05) is 30.1 Å². The normalized spacial score (nSPS) is 16.8. The highest BCUT2D eigenvalue weighted by atomic mass is 32.2. The number of aliphatic hydroxyl groups excluding tert-OH is 2. The third kappa shape index (κ3) is 10.4. The van der Waals surface area contributed by atoms with Crippen LogP contribution in [0.2, 0.25) is 0 Å². The van der Waals surface area contributed by atoms with E-state index < -0.39 is 58.4 Å². The number of sulfone groups is 1. The fraction of sp³-hybridized carbons (Fsp3) is 0.447. The Morgan fingerprint density at radius 2 is 1.48 bits per heavy atom. The molecule has 1 aliphatic heterocycles. The van der Waals surface area contributed by atoms with Crippen LogP contribution in [0.5, 0.6) is 0 Å². The molecule has 270 valence electrons. The van der Waals surface area contributed by atoms with Gasteiger partial charge < -0.3 is 24.6 Å². The zero-order chi connectivity index (χ0) is 36.5. The van der Waals surface area contributed by atoms with E-state index in [9.17, 15) is 37.4 Å². The van der Waals surface area contributed by atoms with Crippen LogP contribution in [-0.2, 0) is 46.5 Å². The summed E-state index contributed by atoms with van der Waals surface area (Å²) in [4.78, 5) is 39.1. The molecule has 10 nitrogen and oxygen atoms in total. The first-order valence-corrected chi connectivity index (χ1v) is 18.8. The van der Waals surface area contributed by atoms with Crippen molar-refractivity contribution in [1.82, 2.24) is 0 Å². The molecule has 3 aromatic carbocycles. The molecule has 1 amide bonds. The molecule has 50 heavy (non-hydrogen) atoms. The lowest BCUT2D eigenvalue weighted by Crippen LogP contribution is -2.55. The minimum absolute atomic E-state index is 0.0854. The maximum atomic E-state index is 13.8. The average Bonchev–Trinajstić information content (AvgIpc) is 3.07. The molecule has 4 rings (SSSR count). The third-order valence-corrected chi connectivity index (χ3v) is 10.1. The summed E-state index contributed by atoms with van der Waals surface area (Å²) in [6.45, 7) is 1.49. The van der Waals surface area contributed by atoms with Gasteiger partial charge in [0.05, 0.1) is 25.2 Å². The summed E-state index contributed by atoms with van der Waals surface area (Å²) in [6, 6.07) is 20.7. The quantitative estimate of drug-likeness (QED) is 0.103. The Bertz CT molecular complexity index is 1710. The Hall–Kier alpha value is -4.13. The number of β-lactam (4-membered cyclic amide) rings is 1. The van der Waals surface area contributed by atoms with E-state index >= 15 is 0 Å². The molecule has 2 N–H and O–H groups in total. The average molecular weight is 712 g/mol. The summed E-state index contributed by atoms with van der Waals surface area (Å²) in [6.07, 6.45) is 3.94. The molecule has 3 aromatic rings. The fourth-order valence-electron chi connectivity index (χ4n) is 6.40. The fourth-order valence-corrected chi connectivity index (χ4v) is 7.13. The highest BCUT2D eigenvalue weighted by Gasteiger charge is 2.48. The molecule has 1 aliphatic rings. The number of esters is 2. The number of carbonyl (C=O) groups excluding carboxylic acids is 3. The van der Waals surface area contributed by atoms with Gasteiger partial charge in [-0.2, -0.15) is 0 Å². The monoisotopic (exact) mass is 711 g/mol. The van der Waals surface area contributed by atoms with Crippen LogP contribution >= 0.6 is 0 Å². The summed E-state index contributed by atoms with van der Waals surface area (Å²) in [5.74, 6) is -1.87. The number of rotatable bonds is 18. The molecular formula is C38H46FNO9S. The number of halogens is 1. The van der Waals surface area contributed by atoms with Gasteiger partial charge in [-0.25, -0.2) is 12.8 Å². The zero-order valence-electron chi connectivity index (χ0n) is 28.7. The van der Waals surface area contributed by atoms with Gasteiger partial charge in [-0.15, -0.1) is 0 Å². The number of hydrogen-bond acceptors (Lipinski definition) is 9. The number of carbonyl (C=O) groups is 3. The van der Waals surface area contributed by atoms with Gasteiger partial charge in [0.1, 0.15) is 21.8 Å². The van der Waals surface area contributed by atoms with Crippen LogP contribution in [-0.4, -0.2) is 67.3 Å². The Balaban J connectivity index is 1.55. The lowest BCUT2D eigenvalue weighted by molar-refractivity contribution is -0.168. The van der Waals surface area contributed by atoms with Crippen LogP contribution in [0, 0.1) is 11.7 Å². The molecule has 1 heterocycles. The maximum Gasteiger partial charge on any atom is 0.303 e. The molecule has 1 fully saturated rings. The molecule has 0 radical (unpaired) electrons. The molecule has 0 spiro atoms. The number of aliphatic hydroxyl groups is 2. The van der Waals surface area contributed by atoms with Crippen LogP contribution in [0.4, 0.5) is 10.1 Å². The first kappa shape index (κ1) is 38.7. The van der Waals surface area contributed by atoms with E-state index in [-0.39, 0.29) is 24.1 Å². The highest BCUT2D eigenvalue weighted by molar-refractivity contribution is 7.90. The van der Waals surface area contributed by atoms with Gasteiger partial charge in [0.25, 0.3) is 0 Å². The number of aryl methyl sites for hydroxylation is 2. The van der Waals surface area contributed by atoms with Crippen molar-refractivity contribution in [2.24, 2.45) is 5.92 Å².